The van der Waals surface area contributed by atoms with Crippen molar-refractivity contribution in [2.24, 2.45) is 0 Å². The van der Waals surface area contributed by atoms with Gasteiger partial charge in [0.25, 0.3) is 5.91 Å². The second-order valence-corrected chi connectivity index (χ2v) is 9.72. The average molecular weight is 436 g/mol. The molecular formula is C21H22ClNO5S. The Labute approximate surface area is 175 Å². The fourth-order valence-electron chi connectivity index (χ4n) is 3.55. The molecule has 154 valence electrons. The van der Waals surface area contributed by atoms with Crippen LogP contribution in [0, 0.1) is 6.92 Å². The summed E-state index contributed by atoms with van der Waals surface area (Å²) in [5.41, 5.74) is 1.19. The van der Waals surface area contributed by atoms with Gasteiger partial charge in [-0.3, -0.25) is 9.59 Å². The Morgan fingerprint density at radius 3 is 2.38 bits per heavy atom. The van der Waals surface area contributed by atoms with Crippen molar-refractivity contribution in [2.75, 3.05) is 11.9 Å². The van der Waals surface area contributed by atoms with Crippen LogP contribution in [0.2, 0.25) is 5.02 Å². The molecule has 1 aliphatic rings. The van der Waals surface area contributed by atoms with E-state index in [1.165, 1.54) is 12.1 Å². The summed E-state index contributed by atoms with van der Waals surface area (Å²) in [6.07, 6.45) is 1.57. The summed E-state index contributed by atoms with van der Waals surface area (Å²) < 4.78 is 29.9. The highest BCUT2D eigenvalue weighted by molar-refractivity contribution is 7.93. The molecule has 0 bridgehead atoms. The van der Waals surface area contributed by atoms with Crippen LogP contribution in [0.25, 0.3) is 0 Å². The Balaban J connectivity index is 1.74. The van der Waals surface area contributed by atoms with Gasteiger partial charge in [0.15, 0.2) is 21.2 Å². The fourth-order valence-corrected chi connectivity index (χ4v) is 5.79. The smallest absolute Gasteiger partial charge is 0.328 e. The molecule has 0 heterocycles. The number of amides is 1. The van der Waals surface area contributed by atoms with Gasteiger partial charge in [-0.15, -0.1) is 0 Å². The van der Waals surface area contributed by atoms with E-state index >= 15 is 0 Å². The monoisotopic (exact) mass is 435 g/mol. The van der Waals surface area contributed by atoms with Crippen LogP contribution in [0.1, 0.15) is 31.2 Å². The van der Waals surface area contributed by atoms with Crippen molar-refractivity contribution in [1.82, 2.24) is 0 Å². The second kappa shape index (κ2) is 8.55. The van der Waals surface area contributed by atoms with Gasteiger partial charge in [-0.2, -0.15) is 0 Å². The number of carbonyl (C=O) groups excluding carboxylic acids is 2. The lowest BCUT2D eigenvalue weighted by Gasteiger charge is -2.26. The standard InChI is InChI=1S/C21H22ClNO5S/c1-15-17(22)10-7-11-18(15)23-19(24)14-28-20(25)21(12-5-6-13-21)29(26,27)16-8-3-2-4-9-16/h2-4,7-11H,5-6,12-14H2,1H3,(H,23,24). The number of hydrogen-bond donors (Lipinski definition) is 1. The molecule has 1 saturated carbocycles. The number of sulfone groups is 1. The lowest BCUT2D eigenvalue weighted by Crippen LogP contribution is -2.46. The molecule has 1 aliphatic carbocycles. The van der Waals surface area contributed by atoms with Crippen molar-refractivity contribution in [3.8, 4) is 0 Å². The molecule has 29 heavy (non-hydrogen) atoms. The normalized spacial score (nSPS) is 15.7. The predicted octanol–water partition coefficient (Wildman–Crippen LogP) is 3.92. The van der Waals surface area contributed by atoms with Crippen molar-refractivity contribution in [1.29, 1.82) is 0 Å². The van der Waals surface area contributed by atoms with Gasteiger partial charge < -0.3 is 10.1 Å². The summed E-state index contributed by atoms with van der Waals surface area (Å²) in [5.74, 6) is -1.44. The maximum Gasteiger partial charge on any atom is 0.328 e. The second-order valence-electron chi connectivity index (χ2n) is 7.05. The highest BCUT2D eigenvalue weighted by Crippen LogP contribution is 2.41. The number of carbonyl (C=O) groups is 2. The van der Waals surface area contributed by atoms with Gasteiger partial charge in [-0.05, 0) is 49.6 Å². The van der Waals surface area contributed by atoms with Crippen molar-refractivity contribution in [2.45, 2.75) is 42.2 Å². The first-order chi connectivity index (χ1) is 13.8. The molecule has 0 spiro atoms. The molecule has 0 aromatic heterocycles. The zero-order chi connectivity index (χ0) is 21.1. The third-order valence-electron chi connectivity index (χ3n) is 5.23. The lowest BCUT2D eigenvalue weighted by molar-refractivity contribution is -0.149. The van der Waals surface area contributed by atoms with Crippen molar-refractivity contribution >= 4 is 39.0 Å². The molecule has 6 nitrogen and oxygen atoms in total. The summed E-state index contributed by atoms with van der Waals surface area (Å²) in [7, 11) is -3.94. The van der Waals surface area contributed by atoms with Crippen LogP contribution in [-0.2, 0) is 24.2 Å². The van der Waals surface area contributed by atoms with Crippen molar-refractivity contribution in [3.05, 3.63) is 59.1 Å². The van der Waals surface area contributed by atoms with Gasteiger partial charge in [0.05, 0.1) is 4.90 Å². The van der Waals surface area contributed by atoms with Crippen LogP contribution in [-0.4, -0.2) is 31.6 Å². The van der Waals surface area contributed by atoms with Crippen LogP contribution in [0.3, 0.4) is 0 Å². The molecule has 0 atom stereocenters. The van der Waals surface area contributed by atoms with E-state index in [9.17, 15) is 18.0 Å². The van der Waals surface area contributed by atoms with Crippen LogP contribution in [0.4, 0.5) is 5.69 Å². The number of ether oxygens (including phenoxy) is 1. The van der Waals surface area contributed by atoms with E-state index in [1.54, 1.807) is 43.3 Å². The molecule has 1 amide bonds. The van der Waals surface area contributed by atoms with E-state index < -0.39 is 33.1 Å². The van der Waals surface area contributed by atoms with Crippen LogP contribution in [0.15, 0.2) is 53.4 Å². The minimum Gasteiger partial charge on any atom is -0.454 e. The summed E-state index contributed by atoms with van der Waals surface area (Å²) in [6.45, 7) is 1.18. The van der Waals surface area contributed by atoms with Crippen LogP contribution < -0.4 is 5.32 Å². The van der Waals surface area contributed by atoms with E-state index in [1.807, 2.05) is 0 Å². The maximum absolute atomic E-state index is 13.2. The topological polar surface area (TPSA) is 89.5 Å². The van der Waals surface area contributed by atoms with Crippen LogP contribution in [0.5, 0.6) is 0 Å². The number of halogens is 1. The third-order valence-corrected chi connectivity index (χ3v) is 8.13. The Hall–Kier alpha value is -2.38. The fraction of sp³-hybridized carbons (Fsp3) is 0.333. The molecule has 1 N–H and O–H groups in total. The Morgan fingerprint density at radius 2 is 1.72 bits per heavy atom. The Kier molecular flexibility index (Phi) is 6.29. The third kappa shape index (κ3) is 4.16. The Morgan fingerprint density at radius 1 is 1.07 bits per heavy atom. The largest absolute Gasteiger partial charge is 0.454 e. The zero-order valence-electron chi connectivity index (χ0n) is 16.0. The number of benzene rings is 2. The number of rotatable bonds is 6. The molecule has 2 aromatic carbocycles. The SMILES string of the molecule is Cc1c(Cl)cccc1NC(=O)COC(=O)C1(S(=O)(=O)c2ccccc2)CCCC1. The summed E-state index contributed by atoms with van der Waals surface area (Å²) in [6, 6.07) is 12.9. The molecule has 0 unspecified atom stereocenters. The van der Waals surface area contributed by atoms with Gasteiger partial charge in [0, 0.05) is 10.7 Å². The molecular weight excluding hydrogens is 414 g/mol. The predicted molar refractivity (Wildman–Crippen MR) is 111 cm³/mol. The highest BCUT2D eigenvalue weighted by Gasteiger charge is 2.54. The van der Waals surface area contributed by atoms with E-state index in [4.69, 9.17) is 16.3 Å². The van der Waals surface area contributed by atoms with Gasteiger partial charge in [-0.1, -0.05) is 48.7 Å². The first kappa shape index (κ1) is 21.3. The molecule has 1 fully saturated rings. The van der Waals surface area contributed by atoms with Gasteiger partial charge in [-0.25, -0.2) is 8.42 Å². The zero-order valence-corrected chi connectivity index (χ0v) is 17.6. The minimum atomic E-state index is -3.94. The molecule has 3 rings (SSSR count). The van der Waals surface area contributed by atoms with E-state index in [2.05, 4.69) is 5.32 Å². The number of nitrogens with one attached hydrogen (secondary N) is 1. The molecule has 2 aromatic rings. The van der Waals surface area contributed by atoms with Crippen molar-refractivity contribution < 1.29 is 22.7 Å². The number of hydrogen-bond acceptors (Lipinski definition) is 5. The van der Waals surface area contributed by atoms with Crippen molar-refractivity contribution in [3.63, 3.8) is 0 Å². The molecule has 0 saturated heterocycles. The Bertz CT molecular complexity index is 1010. The van der Waals surface area contributed by atoms with Gasteiger partial charge >= 0.3 is 5.97 Å². The highest BCUT2D eigenvalue weighted by atomic mass is 35.5. The first-order valence-corrected chi connectivity index (χ1v) is 11.2. The van der Waals surface area contributed by atoms with Gasteiger partial charge in [0.1, 0.15) is 0 Å². The van der Waals surface area contributed by atoms with E-state index in [-0.39, 0.29) is 17.7 Å². The lowest BCUT2D eigenvalue weighted by atomic mass is 10.1. The molecule has 0 radical (unpaired) electrons. The summed E-state index contributed by atoms with van der Waals surface area (Å²) in [4.78, 5) is 25.2. The van der Waals surface area contributed by atoms with Crippen LogP contribution >= 0.6 is 11.6 Å². The minimum absolute atomic E-state index is 0.0813. The number of anilines is 1. The summed E-state index contributed by atoms with van der Waals surface area (Å²) in [5, 5.41) is 3.13. The van der Waals surface area contributed by atoms with Gasteiger partial charge in [0.2, 0.25) is 0 Å². The quantitative estimate of drug-likeness (QED) is 0.694. The van der Waals surface area contributed by atoms with E-state index in [0.29, 0.717) is 29.1 Å². The first-order valence-electron chi connectivity index (χ1n) is 9.30. The van der Waals surface area contributed by atoms with E-state index in [0.717, 1.165) is 0 Å². The molecule has 0 aliphatic heterocycles. The molecule has 8 heteroatoms. The average Bonchev–Trinajstić information content (AvgIpc) is 3.22. The summed E-state index contributed by atoms with van der Waals surface area (Å²) >= 11 is 6.03. The maximum atomic E-state index is 13.2. The number of esters is 1.